The molecule has 1 aromatic heterocycles. The van der Waals surface area contributed by atoms with Crippen LogP contribution in [0.15, 0.2) is 24.3 Å². The molecular formula is C15H21N5O. The smallest absolute Gasteiger partial charge is 0.241 e. The Kier molecular flexibility index (Phi) is 4.70. The van der Waals surface area contributed by atoms with E-state index >= 15 is 0 Å². The van der Waals surface area contributed by atoms with E-state index < -0.39 is 6.04 Å². The number of nitrogens with two attached hydrogens (primary N) is 1. The summed E-state index contributed by atoms with van der Waals surface area (Å²) in [5.41, 5.74) is 7.41. The highest BCUT2D eigenvalue weighted by Crippen LogP contribution is 2.19. The Hall–Kier alpha value is -2.21. The summed E-state index contributed by atoms with van der Waals surface area (Å²) in [6.07, 6.45) is 0.658. The van der Waals surface area contributed by atoms with Crippen LogP contribution in [0.1, 0.15) is 26.1 Å². The number of nitrogens with zero attached hydrogens (tertiary/aromatic N) is 2. The molecule has 0 fully saturated rings. The minimum Gasteiger partial charge on any atom is -0.325 e. The van der Waals surface area contributed by atoms with Gasteiger partial charge in [-0.15, -0.1) is 0 Å². The first-order chi connectivity index (χ1) is 9.95. The second kappa shape index (κ2) is 6.49. The second-order valence-electron chi connectivity index (χ2n) is 5.55. The van der Waals surface area contributed by atoms with Crippen LogP contribution >= 0.6 is 0 Å². The van der Waals surface area contributed by atoms with Crippen molar-refractivity contribution >= 4 is 11.6 Å². The molecule has 112 valence electrons. The first-order valence-electron chi connectivity index (χ1n) is 7.01. The van der Waals surface area contributed by atoms with E-state index in [1.807, 2.05) is 45.0 Å². The molecule has 0 saturated heterocycles. The van der Waals surface area contributed by atoms with Gasteiger partial charge < -0.3 is 11.1 Å². The first kappa shape index (κ1) is 15.2. The van der Waals surface area contributed by atoms with Crippen molar-refractivity contribution in [3.63, 3.8) is 0 Å². The average Bonchev–Trinajstić information content (AvgIpc) is 2.85. The highest BCUT2D eigenvalue weighted by Gasteiger charge is 2.15. The molecule has 0 bridgehead atoms. The average molecular weight is 287 g/mol. The Balaban J connectivity index is 2.09. The van der Waals surface area contributed by atoms with Crippen LogP contribution in [-0.4, -0.2) is 27.1 Å². The van der Waals surface area contributed by atoms with Gasteiger partial charge in [0.25, 0.3) is 0 Å². The van der Waals surface area contributed by atoms with Crippen molar-refractivity contribution in [2.75, 3.05) is 5.32 Å². The summed E-state index contributed by atoms with van der Waals surface area (Å²) < 4.78 is 0. The molecule has 2 aromatic rings. The molecule has 1 unspecified atom stereocenters. The summed E-state index contributed by atoms with van der Waals surface area (Å²) in [6, 6.07) is 6.90. The number of amides is 1. The zero-order chi connectivity index (χ0) is 15.4. The number of hydrogen-bond acceptors (Lipinski definition) is 4. The van der Waals surface area contributed by atoms with Crippen molar-refractivity contribution < 1.29 is 4.79 Å². The number of rotatable bonds is 5. The van der Waals surface area contributed by atoms with Gasteiger partial charge in [0.1, 0.15) is 5.82 Å². The molecule has 1 aromatic carbocycles. The quantitative estimate of drug-likeness (QED) is 0.784. The molecule has 0 spiro atoms. The lowest BCUT2D eigenvalue weighted by molar-refractivity contribution is -0.117. The standard InChI is InChI=1S/C15H21N5O/c1-9(2)7-13(16)15(21)18-12-6-4-5-11(8-12)14-17-10(3)19-20-14/h4-6,8-9,13H,7,16H2,1-3H3,(H,18,21)(H,17,19,20). The molecule has 6 heteroatoms. The van der Waals surface area contributed by atoms with Crippen molar-refractivity contribution in [1.29, 1.82) is 0 Å². The molecule has 1 atom stereocenters. The van der Waals surface area contributed by atoms with Crippen molar-refractivity contribution in [3.05, 3.63) is 30.1 Å². The number of nitrogens with one attached hydrogen (secondary N) is 2. The van der Waals surface area contributed by atoms with Gasteiger partial charge in [0.2, 0.25) is 5.91 Å². The van der Waals surface area contributed by atoms with Crippen molar-refractivity contribution in [2.24, 2.45) is 11.7 Å². The Morgan fingerprint density at radius 3 is 2.81 bits per heavy atom. The number of aromatic amines is 1. The van der Waals surface area contributed by atoms with Gasteiger partial charge in [-0.2, -0.15) is 5.10 Å². The molecule has 0 aliphatic carbocycles. The largest absolute Gasteiger partial charge is 0.325 e. The Bertz CT molecular complexity index is 620. The highest BCUT2D eigenvalue weighted by atomic mass is 16.2. The molecule has 0 radical (unpaired) electrons. The molecular weight excluding hydrogens is 266 g/mol. The maximum Gasteiger partial charge on any atom is 0.241 e. The van der Waals surface area contributed by atoms with Gasteiger partial charge in [-0.1, -0.05) is 26.0 Å². The number of anilines is 1. The fourth-order valence-electron chi connectivity index (χ4n) is 2.06. The molecule has 21 heavy (non-hydrogen) atoms. The van der Waals surface area contributed by atoms with E-state index in [9.17, 15) is 4.79 Å². The Morgan fingerprint density at radius 2 is 2.19 bits per heavy atom. The van der Waals surface area contributed by atoms with Gasteiger partial charge >= 0.3 is 0 Å². The number of benzene rings is 1. The van der Waals surface area contributed by atoms with E-state index in [1.165, 1.54) is 0 Å². The maximum absolute atomic E-state index is 12.0. The second-order valence-corrected chi connectivity index (χ2v) is 5.55. The van der Waals surface area contributed by atoms with E-state index in [1.54, 1.807) is 0 Å². The zero-order valence-electron chi connectivity index (χ0n) is 12.6. The zero-order valence-corrected chi connectivity index (χ0v) is 12.6. The van der Waals surface area contributed by atoms with Gasteiger partial charge in [-0.25, -0.2) is 4.98 Å². The molecule has 2 rings (SSSR count). The number of carbonyl (C=O) groups excluding carboxylic acids is 1. The van der Waals surface area contributed by atoms with Crippen LogP contribution in [0, 0.1) is 12.8 Å². The van der Waals surface area contributed by atoms with Crippen LogP contribution in [-0.2, 0) is 4.79 Å². The minimum atomic E-state index is -0.501. The first-order valence-corrected chi connectivity index (χ1v) is 7.01. The molecule has 1 amide bonds. The summed E-state index contributed by atoms with van der Waals surface area (Å²) in [4.78, 5) is 16.3. The number of hydrogen-bond donors (Lipinski definition) is 3. The summed E-state index contributed by atoms with van der Waals surface area (Å²) in [6.45, 7) is 5.92. The van der Waals surface area contributed by atoms with Crippen LogP contribution in [0.4, 0.5) is 5.69 Å². The van der Waals surface area contributed by atoms with Crippen LogP contribution < -0.4 is 11.1 Å². The third-order valence-electron chi connectivity index (χ3n) is 3.05. The van der Waals surface area contributed by atoms with Crippen molar-refractivity contribution in [3.8, 4) is 11.4 Å². The lowest BCUT2D eigenvalue weighted by atomic mass is 10.0. The van der Waals surface area contributed by atoms with Gasteiger partial charge in [0.15, 0.2) is 5.82 Å². The van der Waals surface area contributed by atoms with E-state index in [4.69, 9.17) is 5.73 Å². The SMILES string of the molecule is Cc1nc(-c2cccc(NC(=O)C(N)CC(C)C)c2)n[nH]1. The Morgan fingerprint density at radius 1 is 1.43 bits per heavy atom. The van der Waals surface area contributed by atoms with Crippen LogP contribution in [0.2, 0.25) is 0 Å². The van der Waals surface area contributed by atoms with E-state index in [2.05, 4.69) is 20.5 Å². The van der Waals surface area contributed by atoms with E-state index in [-0.39, 0.29) is 5.91 Å². The third kappa shape index (κ3) is 4.13. The summed E-state index contributed by atoms with van der Waals surface area (Å²) in [5, 5.41) is 9.74. The fraction of sp³-hybridized carbons (Fsp3) is 0.400. The predicted molar refractivity (Wildman–Crippen MR) is 82.6 cm³/mol. The minimum absolute atomic E-state index is 0.174. The summed E-state index contributed by atoms with van der Waals surface area (Å²) in [7, 11) is 0. The number of aryl methyl sites for hydroxylation is 1. The van der Waals surface area contributed by atoms with Gasteiger partial charge in [0, 0.05) is 11.3 Å². The molecule has 0 aliphatic rings. The monoisotopic (exact) mass is 287 g/mol. The van der Waals surface area contributed by atoms with Gasteiger partial charge in [0.05, 0.1) is 6.04 Å². The molecule has 6 nitrogen and oxygen atoms in total. The summed E-state index contributed by atoms with van der Waals surface area (Å²) in [5.74, 6) is 1.56. The lowest BCUT2D eigenvalue weighted by Gasteiger charge is -2.14. The highest BCUT2D eigenvalue weighted by molar-refractivity contribution is 5.95. The topological polar surface area (TPSA) is 96.7 Å². The van der Waals surface area contributed by atoms with Crippen molar-refractivity contribution in [2.45, 2.75) is 33.2 Å². The Labute approximate surface area is 124 Å². The number of H-pyrrole nitrogens is 1. The van der Waals surface area contributed by atoms with Crippen molar-refractivity contribution in [1.82, 2.24) is 15.2 Å². The summed E-state index contributed by atoms with van der Waals surface area (Å²) >= 11 is 0. The normalized spacial score (nSPS) is 12.4. The van der Waals surface area contributed by atoms with E-state index in [0.29, 0.717) is 23.9 Å². The van der Waals surface area contributed by atoms with E-state index in [0.717, 1.165) is 11.4 Å². The molecule has 4 N–H and O–H groups in total. The predicted octanol–water partition coefficient (Wildman–Crippen LogP) is 2.09. The lowest BCUT2D eigenvalue weighted by Crippen LogP contribution is -2.36. The maximum atomic E-state index is 12.0. The van der Waals surface area contributed by atoms with Crippen LogP contribution in [0.25, 0.3) is 11.4 Å². The van der Waals surface area contributed by atoms with Crippen LogP contribution in [0.3, 0.4) is 0 Å². The molecule has 1 heterocycles. The molecule has 0 aliphatic heterocycles. The van der Waals surface area contributed by atoms with Gasteiger partial charge in [-0.3, -0.25) is 9.89 Å². The van der Waals surface area contributed by atoms with Gasteiger partial charge in [-0.05, 0) is 31.4 Å². The third-order valence-corrected chi connectivity index (χ3v) is 3.05. The molecule has 0 saturated carbocycles. The van der Waals surface area contributed by atoms with Crippen LogP contribution in [0.5, 0.6) is 0 Å². The number of carbonyl (C=O) groups is 1. The fourth-order valence-corrected chi connectivity index (χ4v) is 2.06. The number of aromatic nitrogens is 3.